The maximum Gasteiger partial charge on any atom is 0.523 e. The van der Waals surface area contributed by atoms with E-state index in [1.54, 1.807) is 30.3 Å². The van der Waals surface area contributed by atoms with Crippen molar-refractivity contribution in [3.63, 3.8) is 0 Å². The summed E-state index contributed by atoms with van der Waals surface area (Å²) in [5.74, 6) is -1.22. The number of amides is 3. The topological polar surface area (TPSA) is 94.9 Å². The summed E-state index contributed by atoms with van der Waals surface area (Å²) in [6, 6.07) is 7.98. The quantitative estimate of drug-likeness (QED) is 0.825. The van der Waals surface area contributed by atoms with E-state index in [2.05, 4.69) is 0 Å². The predicted molar refractivity (Wildman–Crippen MR) is 72.5 cm³/mol. The molecule has 1 heterocycles. The number of carbonyl (C=O) groups excluding carboxylic acids is 1. The van der Waals surface area contributed by atoms with Crippen molar-refractivity contribution in [2.24, 2.45) is 0 Å². The number of hydrogen-bond acceptors (Lipinski definition) is 3. The normalized spacial score (nSPS) is 28.7. The monoisotopic (exact) mass is 293 g/mol. The fourth-order valence-electron chi connectivity index (χ4n) is 2.64. The third kappa shape index (κ3) is 2.15. The maximum atomic E-state index is 12.4. The van der Waals surface area contributed by atoms with E-state index in [0.717, 1.165) is 4.90 Å². The van der Waals surface area contributed by atoms with Crippen LogP contribution in [0.1, 0.15) is 12.5 Å². The van der Waals surface area contributed by atoms with Crippen molar-refractivity contribution in [1.29, 1.82) is 0 Å². The van der Waals surface area contributed by atoms with Gasteiger partial charge in [0.25, 0.3) is 0 Å². The Labute approximate surface area is 121 Å². The van der Waals surface area contributed by atoms with Crippen LogP contribution in [0.25, 0.3) is 0 Å². The van der Waals surface area contributed by atoms with Crippen LogP contribution in [0, 0.1) is 0 Å². The zero-order chi connectivity index (χ0) is 15.8. The molecule has 1 saturated heterocycles. The summed E-state index contributed by atoms with van der Waals surface area (Å²) < 4.78 is -0.941. The second kappa shape index (κ2) is 4.85. The van der Waals surface area contributed by atoms with Gasteiger partial charge in [0, 0.05) is 12.6 Å². The number of likely N-dealkylation sites (N-methyl/N-ethyl adjacent to an activating group) is 1. The number of nitrogens with zero attached hydrogens (tertiary/aromatic N) is 2. The van der Waals surface area contributed by atoms with Crippen LogP contribution in [0.15, 0.2) is 30.3 Å². The molecule has 112 valence electrons. The number of rotatable bonds is 3. The van der Waals surface area contributed by atoms with E-state index >= 15 is 0 Å². The molecule has 1 aromatic carbocycles. The Morgan fingerprint density at radius 3 is 2.29 bits per heavy atom. The third-order valence-electron chi connectivity index (χ3n) is 4.09. The summed E-state index contributed by atoms with van der Waals surface area (Å²) in [5.41, 5.74) is -0.874. The number of carbonyl (C=O) groups is 3. The van der Waals surface area contributed by atoms with Gasteiger partial charge in [0.05, 0.1) is 0 Å². The fourth-order valence-corrected chi connectivity index (χ4v) is 2.64. The Bertz CT molecular complexity index is 603. The Morgan fingerprint density at radius 2 is 1.86 bits per heavy atom. The van der Waals surface area contributed by atoms with E-state index in [1.165, 1.54) is 14.0 Å². The van der Waals surface area contributed by atoms with Crippen molar-refractivity contribution in [3.05, 3.63) is 35.9 Å². The zero-order valence-corrected chi connectivity index (χ0v) is 11.8. The molecule has 3 amide bonds. The van der Waals surface area contributed by atoms with E-state index < -0.39 is 28.1 Å². The molecular weight excluding hydrogens is 276 g/mol. The number of quaternary nitrogens is 1. The highest BCUT2D eigenvalue weighted by Crippen LogP contribution is 2.34. The second-order valence-electron chi connectivity index (χ2n) is 5.47. The van der Waals surface area contributed by atoms with Crippen LogP contribution in [0.2, 0.25) is 0 Å². The van der Waals surface area contributed by atoms with E-state index in [-0.39, 0.29) is 13.1 Å². The maximum absolute atomic E-state index is 12.4. The molecule has 1 aliphatic heterocycles. The number of benzene rings is 1. The largest absolute Gasteiger partial charge is 0.523 e. The van der Waals surface area contributed by atoms with Crippen LogP contribution in [0.3, 0.4) is 0 Å². The smallest absolute Gasteiger partial charge is 0.479 e. The van der Waals surface area contributed by atoms with Crippen molar-refractivity contribution < 1.29 is 29.1 Å². The van der Waals surface area contributed by atoms with Gasteiger partial charge < -0.3 is 10.2 Å². The van der Waals surface area contributed by atoms with E-state index in [9.17, 15) is 24.6 Å². The van der Waals surface area contributed by atoms with E-state index in [1.807, 2.05) is 0 Å². The average molecular weight is 293 g/mol. The SMILES string of the molecule is CN1C(=O)[N+](Cc2ccccc2)(C(=O)O)CC1(C)C(=O)O. The van der Waals surface area contributed by atoms with Crippen LogP contribution in [0.4, 0.5) is 9.59 Å². The van der Waals surface area contributed by atoms with Crippen molar-refractivity contribution in [1.82, 2.24) is 4.90 Å². The first kappa shape index (κ1) is 15.0. The number of carboxylic acids is 1. The first-order valence-corrected chi connectivity index (χ1v) is 6.40. The van der Waals surface area contributed by atoms with Crippen LogP contribution in [0.5, 0.6) is 0 Å². The van der Waals surface area contributed by atoms with Gasteiger partial charge in [-0.05, 0) is 6.92 Å². The summed E-state index contributed by atoms with van der Waals surface area (Å²) in [6.07, 6.45) is -1.35. The number of urea groups is 1. The van der Waals surface area contributed by atoms with Gasteiger partial charge in [0.2, 0.25) is 0 Å². The van der Waals surface area contributed by atoms with Gasteiger partial charge in [-0.3, -0.25) is 4.90 Å². The molecule has 0 saturated carbocycles. The van der Waals surface area contributed by atoms with Crippen LogP contribution >= 0.6 is 0 Å². The molecule has 0 radical (unpaired) electrons. The van der Waals surface area contributed by atoms with Crippen molar-refractivity contribution >= 4 is 18.1 Å². The van der Waals surface area contributed by atoms with Crippen molar-refractivity contribution in [3.8, 4) is 0 Å². The molecule has 21 heavy (non-hydrogen) atoms. The average Bonchev–Trinajstić information content (AvgIpc) is 2.64. The molecular formula is C14H17N2O5+. The Kier molecular flexibility index (Phi) is 3.46. The molecule has 1 aliphatic rings. The third-order valence-corrected chi connectivity index (χ3v) is 4.09. The minimum absolute atomic E-state index is 0.0811. The van der Waals surface area contributed by atoms with Gasteiger partial charge in [-0.15, -0.1) is 4.48 Å². The van der Waals surface area contributed by atoms with Gasteiger partial charge >= 0.3 is 18.1 Å². The summed E-state index contributed by atoms with van der Waals surface area (Å²) in [6.45, 7) is 0.964. The van der Waals surface area contributed by atoms with Gasteiger partial charge in [0.1, 0.15) is 13.1 Å². The van der Waals surface area contributed by atoms with E-state index in [0.29, 0.717) is 5.56 Å². The van der Waals surface area contributed by atoms with Crippen LogP contribution < -0.4 is 0 Å². The summed E-state index contributed by atoms with van der Waals surface area (Å²) in [5, 5.41) is 18.9. The lowest BCUT2D eigenvalue weighted by atomic mass is 10.0. The Hall–Kier alpha value is -2.41. The summed E-state index contributed by atoms with van der Waals surface area (Å²) in [4.78, 5) is 36.6. The number of aliphatic carboxylic acids is 1. The first-order valence-electron chi connectivity index (χ1n) is 6.40. The van der Waals surface area contributed by atoms with Crippen LogP contribution in [-0.2, 0) is 11.3 Å². The molecule has 2 unspecified atom stereocenters. The van der Waals surface area contributed by atoms with Crippen LogP contribution in [-0.4, -0.2) is 56.8 Å². The minimum Gasteiger partial charge on any atom is -0.479 e. The lowest BCUT2D eigenvalue weighted by Crippen LogP contribution is -2.54. The minimum atomic E-state index is -1.54. The molecule has 2 rings (SSSR count). The molecule has 7 nitrogen and oxygen atoms in total. The van der Waals surface area contributed by atoms with Gasteiger partial charge in [-0.2, -0.15) is 4.79 Å². The van der Waals surface area contributed by atoms with Gasteiger partial charge in [-0.25, -0.2) is 9.59 Å². The Balaban J connectivity index is 2.47. The highest BCUT2D eigenvalue weighted by Gasteiger charge is 2.65. The number of imide groups is 1. The highest BCUT2D eigenvalue weighted by molar-refractivity contribution is 5.90. The summed E-state index contributed by atoms with van der Waals surface area (Å²) in [7, 11) is 1.32. The molecule has 7 heteroatoms. The number of carboxylic acid groups (broad SMARTS) is 2. The molecule has 2 N–H and O–H groups in total. The fraction of sp³-hybridized carbons (Fsp3) is 0.357. The molecule has 0 spiro atoms. The standard InChI is InChI=1S/C14H16N2O5/c1-14(11(17)18)9-16(13(20)21,12(19)15(14)2)8-10-6-4-3-5-7-10/h3-7H,8-9H2,1-2H3,(H-,17,18,20,21)/p+1. The lowest BCUT2D eigenvalue weighted by molar-refractivity contribution is -0.783. The predicted octanol–water partition coefficient (Wildman–Crippen LogP) is 1.59. The Morgan fingerprint density at radius 1 is 1.29 bits per heavy atom. The van der Waals surface area contributed by atoms with Gasteiger partial charge in [0.15, 0.2) is 5.54 Å². The van der Waals surface area contributed by atoms with Crippen molar-refractivity contribution in [2.45, 2.75) is 19.0 Å². The summed E-state index contributed by atoms with van der Waals surface area (Å²) >= 11 is 0. The lowest BCUT2D eigenvalue weighted by Gasteiger charge is -2.24. The second-order valence-corrected chi connectivity index (χ2v) is 5.47. The molecule has 0 aromatic heterocycles. The molecule has 0 aliphatic carbocycles. The van der Waals surface area contributed by atoms with E-state index in [4.69, 9.17) is 0 Å². The zero-order valence-electron chi connectivity index (χ0n) is 11.8. The molecule has 1 aromatic rings. The van der Waals surface area contributed by atoms with Crippen molar-refractivity contribution in [2.75, 3.05) is 13.6 Å². The number of hydrogen-bond donors (Lipinski definition) is 2. The molecule has 2 atom stereocenters. The van der Waals surface area contributed by atoms with Gasteiger partial charge in [-0.1, -0.05) is 30.3 Å². The molecule has 1 fully saturated rings. The molecule has 0 bridgehead atoms. The highest BCUT2D eigenvalue weighted by atomic mass is 16.4. The first-order chi connectivity index (χ1) is 9.74.